The summed E-state index contributed by atoms with van der Waals surface area (Å²) in [5.74, 6) is 0. The Balaban J connectivity index is 1.77. The molecule has 1 N–H and O–H groups in total. The van der Waals surface area contributed by atoms with E-state index in [4.69, 9.17) is 0 Å². The lowest BCUT2D eigenvalue weighted by Gasteiger charge is -2.05. The second-order valence-electron chi connectivity index (χ2n) is 5.14. The molecule has 24 heavy (non-hydrogen) atoms. The fourth-order valence-electron chi connectivity index (χ4n) is 2.23. The smallest absolute Gasteiger partial charge is 0.240 e. The van der Waals surface area contributed by atoms with E-state index in [1.54, 1.807) is 42.2 Å². The van der Waals surface area contributed by atoms with Gasteiger partial charge < -0.3 is 0 Å². The molecule has 0 bridgehead atoms. The van der Waals surface area contributed by atoms with E-state index >= 15 is 0 Å². The quantitative estimate of drug-likeness (QED) is 0.706. The van der Waals surface area contributed by atoms with E-state index in [1.165, 1.54) is 0 Å². The van der Waals surface area contributed by atoms with Crippen molar-refractivity contribution in [3.63, 3.8) is 0 Å². The summed E-state index contributed by atoms with van der Waals surface area (Å²) in [6.07, 6.45) is 1.71. The first kappa shape index (κ1) is 16.8. The van der Waals surface area contributed by atoms with Crippen LogP contribution in [0.5, 0.6) is 0 Å². The predicted molar refractivity (Wildman–Crippen MR) is 94.6 cm³/mol. The van der Waals surface area contributed by atoms with E-state index in [2.05, 4.69) is 30.7 Å². The van der Waals surface area contributed by atoms with Crippen molar-refractivity contribution in [3.8, 4) is 11.4 Å². The van der Waals surface area contributed by atoms with Crippen molar-refractivity contribution in [2.75, 3.05) is 0 Å². The molecule has 3 rings (SSSR count). The topological polar surface area (TPSA) is 76.9 Å². The van der Waals surface area contributed by atoms with Crippen LogP contribution in [0.4, 0.5) is 0 Å². The summed E-state index contributed by atoms with van der Waals surface area (Å²) < 4.78 is 29.7. The van der Waals surface area contributed by atoms with Gasteiger partial charge in [0.15, 0.2) is 0 Å². The monoisotopic (exact) mass is 406 g/mol. The van der Waals surface area contributed by atoms with Crippen LogP contribution in [-0.4, -0.2) is 23.2 Å². The van der Waals surface area contributed by atoms with Crippen molar-refractivity contribution >= 4 is 26.0 Å². The lowest BCUT2D eigenvalue weighted by atomic mass is 10.2. The van der Waals surface area contributed by atoms with Crippen molar-refractivity contribution in [1.82, 2.24) is 19.5 Å². The number of sulfonamides is 1. The van der Waals surface area contributed by atoms with Crippen LogP contribution in [0, 0.1) is 0 Å². The number of nitrogens with zero attached hydrogens (tertiary/aromatic N) is 3. The zero-order chi connectivity index (χ0) is 17.2. The van der Waals surface area contributed by atoms with E-state index in [0.29, 0.717) is 5.69 Å². The number of hydrogen-bond donors (Lipinski definition) is 1. The summed E-state index contributed by atoms with van der Waals surface area (Å²) in [5, 5.41) is 4.34. The van der Waals surface area contributed by atoms with Gasteiger partial charge in [0.05, 0.1) is 28.5 Å². The maximum absolute atomic E-state index is 12.3. The number of aryl methyl sites for hydroxylation is 1. The van der Waals surface area contributed by atoms with Crippen LogP contribution in [0.3, 0.4) is 0 Å². The number of rotatable bonds is 5. The Bertz CT molecular complexity index is 938. The Kier molecular flexibility index (Phi) is 4.79. The third kappa shape index (κ3) is 3.72. The zero-order valence-corrected chi connectivity index (χ0v) is 15.3. The first-order chi connectivity index (χ1) is 11.5. The normalized spacial score (nSPS) is 11.6. The lowest BCUT2D eigenvalue weighted by molar-refractivity contribution is 0.579. The summed E-state index contributed by atoms with van der Waals surface area (Å²) >= 11 is 3.29. The predicted octanol–water partition coefficient (Wildman–Crippen LogP) is 2.72. The van der Waals surface area contributed by atoms with Gasteiger partial charge in [-0.1, -0.05) is 22.0 Å². The maximum atomic E-state index is 12.3. The second-order valence-corrected chi connectivity index (χ2v) is 7.82. The number of hydrogen-bond acceptors (Lipinski definition) is 4. The van der Waals surface area contributed by atoms with Crippen LogP contribution in [-0.2, 0) is 23.6 Å². The van der Waals surface area contributed by atoms with Gasteiger partial charge in [0.2, 0.25) is 10.0 Å². The molecule has 2 heterocycles. The molecule has 124 valence electrons. The minimum atomic E-state index is -3.58. The molecule has 0 saturated carbocycles. The molecule has 6 nitrogen and oxygen atoms in total. The molecule has 0 saturated heterocycles. The highest BCUT2D eigenvalue weighted by Gasteiger charge is 2.15. The van der Waals surface area contributed by atoms with Gasteiger partial charge in [0, 0.05) is 17.7 Å². The molecule has 2 aromatic heterocycles. The standard InChI is InChI=1S/C16H15BrN4O2S/c1-21-16(15-4-2-3-9-18-15)10-13(20-21)11-19-24(22,23)14-7-5-12(17)6-8-14/h2-10,19H,11H2,1H3. The van der Waals surface area contributed by atoms with Gasteiger partial charge in [-0.05, 0) is 42.5 Å². The molecule has 1 aromatic carbocycles. The Labute approximate surface area is 148 Å². The summed E-state index contributed by atoms with van der Waals surface area (Å²) in [4.78, 5) is 4.50. The minimum Gasteiger partial charge on any atom is -0.266 e. The lowest BCUT2D eigenvalue weighted by Crippen LogP contribution is -2.23. The number of nitrogens with one attached hydrogen (secondary N) is 1. The number of benzene rings is 1. The van der Waals surface area contributed by atoms with Crippen molar-refractivity contribution in [1.29, 1.82) is 0 Å². The Morgan fingerprint density at radius 1 is 1.17 bits per heavy atom. The summed E-state index contributed by atoms with van der Waals surface area (Å²) in [6, 6.07) is 13.9. The molecule has 3 aromatic rings. The summed E-state index contributed by atoms with van der Waals surface area (Å²) in [5.41, 5.74) is 2.24. The van der Waals surface area contributed by atoms with E-state index in [9.17, 15) is 8.42 Å². The molecule has 0 amide bonds. The second kappa shape index (κ2) is 6.84. The van der Waals surface area contributed by atoms with Gasteiger partial charge in [-0.15, -0.1) is 0 Å². The van der Waals surface area contributed by atoms with Crippen LogP contribution < -0.4 is 4.72 Å². The van der Waals surface area contributed by atoms with Crippen LogP contribution in [0.15, 0.2) is 64.1 Å². The molecule has 0 aliphatic carbocycles. The van der Waals surface area contributed by atoms with Crippen LogP contribution in [0.25, 0.3) is 11.4 Å². The van der Waals surface area contributed by atoms with Gasteiger partial charge in [-0.3, -0.25) is 9.67 Å². The highest BCUT2D eigenvalue weighted by atomic mass is 79.9. The van der Waals surface area contributed by atoms with Gasteiger partial charge >= 0.3 is 0 Å². The Morgan fingerprint density at radius 3 is 2.58 bits per heavy atom. The molecule has 8 heteroatoms. The molecule has 0 atom stereocenters. The average molecular weight is 407 g/mol. The van der Waals surface area contributed by atoms with Crippen molar-refractivity contribution in [2.45, 2.75) is 11.4 Å². The summed E-state index contributed by atoms with van der Waals surface area (Å²) in [7, 11) is -1.78. The largest absolute Gasteiger partial charge is 0.266 e. The molecule has 0 aliphatic heterocycles. The zero-order valence-electron chi connectivity index (χ0n) is 12.8. The van der Waals surface area contributed by atoms with Gasteiger partial charge in [0.25, 0.3) is 0 Å². The number of aromatic nitrogens is 3. The van der Waals surface area contributed by atoms with E-state index in [-0.39, 0.29) is 11.4 Å². The first-order valence-electron chi connectivity index (χ1n) is 7.15. The number of pyridine rings is 1. The van der Waals surface area contributed by atoms with Crippen molar-refractivity contribution < 1.29 is 8.42 Å². The SMILES string of the molecule is Cn1nc(CNS(=O)(=O)c2ccc(Br)cc2)cc1-c1ccccn1. The molecule has 0 spiro atoms. The van der Waals surface area contributed by atoms with Crippen molar-refractivity contribution in [2.24, 2.45) is 7.05 Å². The van der Waals surface area contributed by atoms with Crippen molar-refractivity contribution in [3.05, 3.63) is 64.9 Å². The van der Waals surface area contributed by atoms with Gasteiger partial charge in [-0.2, -0.15) is 5.10 Å². The van der Waals surface area contributed by atoms with E-state index in [0.717, 1.165) is 15.9 Å². The Hall–Kier alpha value is -2.03. The average Bonchev–Trinajstić information content (AvgIpc) is 2.95. The third-order valence-electron chi connectivity index (χ3n) is 3.42. The minimum absolute atomic E-state index is 0.110. The fourth-order valence-corrected chi connectivity index (χ4v) is 3.50. The van der Waals surface area contributed by atoms with Crippen LogP contribution in [0.1, 0.15) is 5.69 Å². The highest BCUT2D eigenvalue weighted by molar-refractivity contribution is 9.10. The van der Waals surface area contributed by atoms with Crippen LogP contribution >= 0.6 is 15.9 Å². The molecule has 0 radical (unpaired) electrons. The molecular weight excluding hydrogens is 392 g/mol. The van der Waals surface area contributed by atoms with E-state index < -0.39 is 10.0 Å². The van der Waals surface area contributed by atoms with Gasteiger partial charge in [-0.25, -0.2) is 13.1 Å². The maximum Gasteiger partial charge on any atom is 0.240 e. The van der Waals surface area contributed by atoms with Crippen LogP contribution in [0.2, 0.25) is 0 Å². The molecule has 0 aliphatic rings. The third-order valence-corrected chi connectivity index (χ3v) is 5.37. The number of halogens is 1. The highest BCUT2D eigenvalue weighted by Crippen LogP contribution is 2.18. The molecule has 0 fully saturated rings. The molecule has 0 unspecified atom stereocenters. The van der Waals surface area contributed by atoms with E-state index in [1.807, 2.05) is 24.3 Å². The van der Waals surface area contributed by atoms with Gasteiger partial charge in [0.1, 0.15) is 0 Å². The summed E-state index contributed by atoms with van der Waals surface area (Å²) in [6.45, 7) is 0.110. The fraction of sp³-hybridized carbons (Fsp3) is 0.125. The first-order valence-corrected chi connectivity index (χ1v) is 9.43. The Morgan fingerprint density at radius 2 is 1.92 bits per heavy atom. The molecular formula is C16H15BrN4O2S.